The van der Waals surface area contributed by atoms with Gasteiger partial charge in [-0.3, -0.25) is 9.10 Å². The SMILES string of the molecule is COc1ccc(N/C=C2\C(=O)c3ccccc3N(Cc3ccc(C)cc3)S2(=O)=O)cc1. The van der Waals surface area contributed by atoms with Gasteiger partial charge in [0.05, 0.1) is 19.3 Å². The fourth-order valence-corrected chi connectivity index (χ4v) is 4.91. The van der Waals surface area contributed by atoms with E-state index in [1.165, 1.54) is 10.5 Å². The van der Waals surface area contributed by atoms with Gasteiger partial charge in [0.15, 0.2) is 4.91 Å². The molecule has 0 atom stereocenters. The lowest BCUT2D eigenvalue weighted by atomic mass is 10.1. The first-order chi connectivity index (χ1) is 14.9. The number of allylic oxidation sites excluding steroid dienone is 1. The molecule has 0 aliphatic carbocycles. The quantitative estimate of drug-likeness (QED) is 0.599. The number of hydrogen-bond acceptors (Lipinski definition) is 5. The predicted molar refractivity (Wildman–Crippen MR) is 122 cm³/mol. The molecule has 3 aromatic rings. The highest BCUT2D eigenvalue weighted by atomic mass is 32.2. The Bertz CT molecular complexity index is 1250. The normalized spacial score (nSPS) is 16.1. The van der Waals surface area contributed by atoms with Gasteiger partial charge in [-0.15, -0.1) is 0 Å². The Balaban J connectivity index is 1.74. The molecule has 0 aromatic heterocycles. The maximum absolute atomic E-state index is 13.5. The van der Waals surface area contributed by atoms with Crippen LogP contribution in [0.15, 0.2) is 83.9 Å². The number of ether oxygens (including phenoxy) is 1. The fourth-order valence-electron chi connectivity index (χ4n) is 3.39. The van der Waals surface area contributed by atoms with E-state index in [9.17, 15) is 13.2 Å². The topological polar surface area (TPSA) is 75.7 Å². The van der Waals surface area contributed by atoms with Crippen LogP contribution < -0.4 is 14.4 Å². The Kier molecular flexibility index (Phi) is 5.52. The number of fused-ring (bicyclic) bond motifs is 1. The minimum absolute atomic E-state index is 0.132. The minimum atomic E-state index is -4.06. The second kappa shape index (κ2) is 8.28. The van der Waals surface area contributed by atoms with Crippen LogP contribution in [-0.2, 0) is 16.6 Å². The first kappa shape index (κ1) is 20.7. The monoisotopic (exact) mass is 434 g/mol. The number of ketones is 1. The van der Waals surface area contributed by atoms with E-state index in [1.54, 1.807) is 55.6 Å². The Morgan fingerprint density at radius 1 is 0.968 bits per heavy atom. The lowest BCUT2D eigenvalue weighted by Crippen LogP contribution is -2.39. The molecular weight excluding hydrogens is 412 g/mol. The lowest BCUT2D eigenvalue weighted by molar-refractivity contribution is 0.104. The zero-order valence-electron chi connectivity index (χ0n) is 17.2. The number of para-hydroxylation sites is 1. The third kappa shape index (κ3) is 4.04. The van der Waals surface area contributed by atoms with Crippen LogP contribution in [-0.4, -0.2) is 21.3 Å². The molecule has 7 heteroatoms. The van der Waals surface area contributed by atoms with E-state index in [0.717, 1.165) is 11.1 Å². The molecule has 6 nitrogen and oxygen atoms in total. The molecule has 0 fully saturated rings. The van der Waals surface area contributed by atoms with Crippen molar-refractivity contribution in [3.8, 4) is 5.75 Å². The lowest BCUT2D eigenvalue weighted by Gasteiger charge is -2.31. The van der Waals surface area contributed by atoms with Crippen LogP contribution in [0.5, 0.6) is 5.75 Å². The standard InChI is InChI=1S/C24H22N2O4S/c1-17-7-9-18(10-8-17)16-26-22-6-4-3-5-21(22)24(27)23(31(26,28)29)15-25-19-11-13-20(30-2)14-12-19/h3-15,25H,16H2,1-2H3/b23-15+. The Hall–Kier alpha value is -3.58. The molecule has 0 bridgehead atoms. The molecule has 1 heterocycles. The first-order valence-corrected chi connectivity index (χ1v) is 11.2. The minimum Gasteiger partial charge on any atom is -0.497 e. The molecule has 1 N–H and O–H groups in total. The molecule has 4 rings (SSSR count). The predicted octanol–water partition coefficient (Wildman–Crippen LogP) is 4.49. The van der Waals surface area contributed by atoms with E-state index in [-0.39, 0.29) is 11.4 Å². The van der Waals surface area contributed by atoms with Crippen LogP contribution >= 0.6 is 0 Å². The second-order valence-electron chi connectivity index (χ2n) is 7.22. The zero-order valence-corrected chi connectivity index (χ0v) is 18.0. The molecule has 0 spiro atoms. The molecule has 1 aliphatic rings. The van der Waals surface area contributed by atoms with E-state index in [0.29, 0.717) is 22.7 Å². The summed E-state index contributed by atoms with van der Waals surface area (Å²) in [4.78, 5) is 12.8. The molecule has 158 valence electrons. The molecule has 0 unspecified atom stereocenters. The number of Topliss-reactive ketones (excluding diaryl/α,β-unsaturated/α-hetero) is 1. The van der Waals surface area contributed by atoms with Gasteiger partial charge in [0.2, 0.25) is 5.78 Å². The maximum atomic E-state index is 13.5. The first-order valence-electron chi connectivity index (χ1n) is 9.73. The van der Waals surface area contributed by atoms with Crippen molar-refractivity contribution >= 4 is 27.2 Å². The van der Waals surface area contributed by atoms with Crippen LogP contribution in [0.3, 0.4) is 0 Å². The van der Waals surface area contributed by atoms with Crippen LogP contribution in [0.4, 0.5) is 11.4 Å². The average molecular weight is 435 g/mol. The van der Waals surface area contributed by atoms with Crippen LogP contribution in [0.1, 0.15) is 21.5 Å². The Morgan fingerprint density at radius 2 is 1.65 bits per heavy atom. The zero-order chi connectivity index (χ0) is 22.0. The second-order valence-corrected chi connectivity index (χ2v) is 9.06. The summed E-state index contributed by atoms with van der Waals surface area (Å²) < 4.78 is 33.3. The van der Waals surface area contributed by atoms with Crippen molar-refractivity contribution in [2.24, 2.45) is 0 Å². The third-order valence-corrected chi connectivity index (χ3v) is 6.88. The van der Waals surface area contributed by atoms with Crippen LogP contribution in [0, 0.1) is 6.92 Å². The van der Waals surface area contributed by atoms with Crippen LogP contribution in [0.25, 0.3) is 0 Å². The van der Waals surface area contributed by atoms with Gasteiger partial charge in [-0.2, -0.15) is 0 Å². The summed E-state index contributed by atoms with van der Waals surface area (Å²) in [5, 5.41) is 2.93. The smallest absolute Gasteiger partial charge is 0.270 e. The third-order valence-electron chi connectivity index (χ3n) is 5.12. The van der Waals surface area contributed by atoms with Gasteiger partial charge < -0.3 is 10.1 Å². The largest absolute Gasteiger partial charge is 0.497 e. The number of nitrogens with zero attached hydrogens (tertiary/aromatic N) is 1. The number of methoxy groups -OCH3 is 1. The fraction of sp³-hybridized carbons (Fsp3) is 0.125. The summed E-state index contributed by atoms with van der Waals surface area (Å²) in [6.07, 6.45) is 1.26. The summed E-state index contributed by atoms with van der Waals surface area (Å²) in [5.41, 5.74) is 3.30. The summed E-state index contributed by atoms with van der Waals surface area (Å²) in [5.74, 6) is 0.148. The van der Waals surface area contributed by atoms with Crippen molar-refractivity contribution in [2.75, 3.05) is 16.7 Å². The number of benzene rings is 3. The Morgan fingerprint density at radius 3 is 2.32 bits per heavy atom. The van der Waals surface area contributed by atoms with Gasteiger partial charge in [0.1, 0.15) is 5.75 Å². The van der Waals surface area contributed by atoms with Gasteiger partial charge in [-0.05, 0) is 48.9 Å². The highest BCUT2D eigenvalue weighted by Crippen LogP contribution is 2.36. The number of hydrogen-bond donors (Lipinski definition) is 1. The van der Waals surface area contributed by atoms with E-state index < -0.39 is 15.8 Å². The summed E-state index contributed by atoms with van der Waals surface area (Å²) in [6, 6.07) is 21.4. The van der Waals surface area contributed by atoms with Crippen molar-refractivity contribution in [3.05, 3.63) is 101 Å². The maximum Gasteiger partial charge on any atom is 0.270 e. The number of carbonyl (C=O) groups excluding carboxylic acids is 1. The van der Waals surface area contributed by atoms with Gasteiger partial charge in [0, 0.05) is 17.5 Å². The van der Waals surface area contributed by atoms with E-state index in [4.69, 9.17) is 4.74 Å². The molecular formula is C24H22N2O4S. The number of nitrogens with one attached hydrogen (secondary N) is 1. The van der Waals surface area contributed by atoms with Crippen molar-refractivity contribution < 1.29 is 17.9 Å². The number of rotatable bonds is 5. The molecule has 31 heavy (non-hydrogen) atoms. The highest BCUT2D eigenvalue weighted by molar-refractivity contribution is 7.97. The van der Waals surface area contributed by atoms with E-state index in [1.807, 2.05) is 31.2 Å². The van der Waals surface area contributed by atoms with Crippen LogP contribution in [0.2, 0.25) is 0 Å². The molecule has 0 saturated carbocycles. The van der Waals surface area contributed by atoms with Gasteiger partial charge in [0.25, 0.3) is 10.0 Å². The van der Waals surface area contributed by atoms with Crippen molar-refractivity contribution in [1.29, 1.82) is 0 Å². The average Bonchev–Trinajstić information content (AvgIpc) is 2.78. The molecule has 1 aliphatic heterocycles. The highest BCUT2D eigenvalue weighted by Gasteiger charge is 2.40. The summed E-state index contributed by atoms with van der Waals surface area (Å²) in [6.45, 7) is 2.11. The van der Waals surface area contributed by atoms with Crippen molar-refractivity contribution in [3.63, 3.8) is 0 Å². The Labute approximate surface area is 181 Å². The number of carbonyl (C=O) groups is 1. The van der Waals surface area contributed by atoms with E-state index >= 15 is 0 Å². The molecule has 0 radical (unpaired) electrons. The molecule has 0 saturated heterocycles. The number of sulfonamides is 1. The molecule has 0 amide bonds. The number of aryl methyl sites for hydroxylation is 1. The van der Waals surface area contributed by atoms with Gasteiger partial charge in [-0.1, -0.05) is 42.0 Å². The van der Waals surface area contributed by atoms with Crippen molar-refractivity contribution in [2.45, 2.75) is 13.5 Å². The van der Waals surface area contributed by atoms with Gasteiger partial charge >= 0.3 is 0 Å². The van der Waals surface area contributed by atoms with Crippen molar-refractivity contribution in [1.82, 2.24) is 0 Å². The summed E-state index contributed by atoms with van der Waals surface area (Å²) in [7, 11) is -2.49. The molecule has 3 aromatic carbocycles. The summed E-state index contributed by atoms with van der Waals surface area (Å²) >= 11 is 0. The van der Waals surface area contributed by atoms with E-state index in [2.05, 4.69) is 5.32 Å². The number of anilines is 2. The van der Waals surface area contributed by atoms with Gasteiger partial charge in [-0.25, -0.2) is 8.42 Å².